The Labute approximate surface area is 124 Å². The van der Waals surface area contributed by atoms with E-state index in [0.717, 1.165) is 16.8 Å². The first-order chi connectivity index (χ1) is 10.1. The quantitative estimate of drug-likeness (QED) is 0.886. The van der Waals surface area contributed by atoms with Crippen LogP contribution in [0.3, 0.4) is 0 Å². The lowest BCUT2D eigenvalue weighted by Gasteiger charge is -2.14. The first-order valence-electron chi connectivity index (χ1n) is 6.78. The second-order valence-corrected chi connectivity index (χ2v) is 4.95. The molecule has 5 heteroatoms. The molecule has 1 heterocycles. The highest BCUT2D eigenvalue weighted by Gasteiger charge is 2.14. The van der Waals surface area contributed by atoms with Gasteiger partial charge in [0.2, 0.25) is 0 Å². The maximum absolute atomic E-state index is 11.9. The van der Waals surface area contributed by atoms with Gasteiger partial charge in [-0.2, -0.15) is 0 Å². The van der Waals surface area contributed by atoms with Crippen LogP contribution in [-0.4, -0.2) is 19.7 Å². The average molecular weight is 288 g/mol. The predicted octanol–water partition coefficient (Wildman–Crippen LogP) is 3.41. The number of furan rings is 1. The Bertz CT molecular complexity index is 573. The SMILES string of the molecule is COC(CNC(=O)Nc1cc(C)cc(C)c1)c1ccco1. The molecule has 0 spiro atoms. The number of anilines is 1. The van der Waals surface area contributed by atoms with E-state index in [9.17, 15) is 4.79 Å². The van der Waals surface area contributed by atoms with E-state index in [4.69, 9.17) is 9.15 Å². The third kappa shape index (κ3) is 4.36. The van der Waals surface area contributed by atoms with Gasteiger partial charge in [-0.25, -0.2) is 4.79 Å². The van der Waals surface area contributed by atoms with Crippen molar-refractivity contribution >= 4 is 11.7 Å². The lowest BCUT2D eigenvalue weighted by atomic mass is 10.1. The number of carbonyl (C=O) groups excluding carboxylic acids is 1. The maximum atomic E-state index is 11.9. The van der Waals surface area contributed by atoms with E-state index < -0.39 is 0 Å². The number of aryl methyl sites for hydroxylation is 2. The second-order valence-electron chi connectivity index (χ2n) is 4.95. The fourth-order valence-electron chi connectivity index (χ4n) is 2.18. The molecule has 2 amide bonds. The minimum absolute atomic E-state index is 0.270. The minimum Gasteiger partial charge on any atom is -0.467 e. The highest BCUT2D eigenvalue weighted by molar-refractivity contribution is 5.89. The Morgan fingerprint density at radius 2 is 2.00 bits per heavy atom. The fourth-order valence-corrected chi connectivity index (χ4v) is 2.18. The van der Waals surface area contributed by atoms with Crippen LogP contribution in [0, 0.1) is 13.8 Å². The van der Waals surface area contributed by atoms with E-state index in [-0.39, 0.29) is 12.1 Å². The Morgan fingerprint density at radius 1 is 1.29 bits per heavy atom. The van der Waals surface area contributed by atoms with Gasteiger partial charge in [0.15, 0.2) is 0 Å². The molecule has 0 fully saturated rings. The number of hydrogen-bond donors (Lipinski definition) is 2. The zero-order valence-electron chi connectivity index (χ0n) is 12.5. The van der Waals surface area contributed by atoms with Gasteiger partial charge in [-0.3, -0.25) is 0 Å². The van der Waals surface area contributed by atoms with Crippen molar-refractivity contribution in [2.75, 3.05) is 19.0 Å². The van der Waals surface area contributed by atoms with Crippen LogP contribution < -0.4 is 10.6 Å². The van der Waals surface area contributed by atoms with Gasteiger partial charge in [0, 0.05) is 12.8 Å². The molecule has 0 radical (unpaired) electrons. The van der Waals surface area contributed by atoms with Gasteiger partial charge < -0.3 is 19.8 Å². The van der Waals surface area contributed by atoms with Crippen LogP contribution in [0.4, 0.5) is 10.5 Å². The van der Waals surface area contributed by atoms with Crippen LogP contribution >= 0.6 is 0 Å². The van der Waals surface area contributed by atoms with E-state index in [1.54, 1.807) is 19.4 Å². The molecule has 0 saturated carbocycles. The fraction of sp³-hybridized carbons (Fsp3) is 0.312. The number of hydrogen-bond acceptors (Lipinski definition) is 3. The second kappa shape index (κ2) is 6.95. The summed E-state index contributed by atoms with van der Waals surface area (Å²) in [6.45, 7) is 4.32. The molecule has 2 aromatic rings. The summed E-state index contributed by atoms with van der Waals surface area (Å²) in [5.41, 5.74) is 2.99. The van der Waals surface area contributed by atoms with Gasteiger partial charge in [0.25, 0.3) is 0 Å². The highest BCUT2D eigenvalue weighted by atomic mass is 16.5. The number of urea groups is 1. The molecule has 1 aromatic heterocycles. The summed E-state index contributed by atoms with van der Waals surface area (Å²) in [6.07, 6.45) is 1.28. The number of carbonyl (C=O) groups is 1. The first-order valence-corrected chi connectivity index (χ1v) is 6.78. The molecule has 1 atom stereocenters. The molecule has 0 aliphatic rings. The number of benzene rings is 1. The summed E-state index contributed by atoms with van der Waals surface area (Å²) in [5, 5.41) is 5.59. The number of nitrogens with one attached hydrogen (secondary N) is 2. The van der Waals surface area contributed by atoms with Gasteiger partial charge in [0.05, 0.1) is 12.8 Å². The molecule has 0 aliphatic heterocycles. The Hall–Kier alpha value is -2.27. The summed E-state index contributed by atoms with van der Waals surface area (Å²) in [6, 6.07) is 9.24. The third-order valence-electron chi connectivity index (χ3n) is 3.07. The monoisotopic (exact) mass is 288 g/mol. The summed E-state index contributed by atoms with van der Waals surface area (Å²) in [4.78, 5) is 11.9. The van der Waals surface area contributed by atoms with E-state index in [2.05, 4.69) is 16.7 Å². The van der Waals surface area contributed by atoms with Crippen LogP contribution in [-0.2, 0) is 4.74 Å². The average Bonchev–Trinajstić information content (AvgIpc) is 2.92. The van der Waals surface area contributed by atoms with Gasteiger partial charge >= 0.3 is 6.03 Å². The van der Waals surface area contributed by atoms with Crippen molar-refractivity contribution in [1.82, 2.24) is 5.32 Å². The predicted molar refractivity (Wildman–Crippen MR) is 81.4 cm³/mol. The van der Waals surface area contributed by atoms with Crippen LogP contribution in [0.1, 0.15) is 23.0 Å². The summed E-state index contributed by atoms with van der Waals surface area (Å²) >= 11 is 0. The van der Waals surface area contributed by atoms with Crippen LogP contribution in [0.15, 0.2) is 41.0 Å². The molecular formula is C16H20N2O3. The molecule has 2 rings (SSSR count). The van der Waals surface area contributed by atoms with Gasteiger partial charge in [-0.05, 0) is 49.2 Å². The molecule has 0 aliphatic carbocycles. The minimum atomic E-state index is -0.301. The van der Waals surface area contributed by atoms with Crippen molar-refractivity contribution in [3.05, 3.63) is 53.5 Å². The van der Waals surface area contributed by atoms with Crippen molar-refractivity contribution in [2.45, 2.75) is 20.0 Å². The molecule has 5 nitrogen and oxygen atoms in total. The smallest absolute Gasteiger partial charge is 0.319 e. The third-order valence-corrected chi connectivity index (χ3v) is 3.07. The van der Waals surface area contributed by atoms with Crippen LogP contribution in [0.2, 0.25) is 0 Å². The molecule has 1 unspecified atom stereocenters. The van der Waals surface area contributed by atoms with Gasteiger partial charge in [0.1, 0.15) is 11.9 Å². The molecule has 112 valence electrons. The van der Waals surface area contributed by atoms with E-state index in [0.29, 0.717) is 12.3 Å². The molecule has 1 aromatic carbocycles. The zero-order valence-corrected chi connectivity index (χ0v) is 12.5. The Morgan fingerprint density at radius 3 is 2.57 bits per heavy atom. The summed E-state index contributed by atoms with van der Waals surface area (Å²) in [5.74, 6) is 0.684. The lowest BCUT2D eigenvalue weighted by molar-refractivity contribution is 0.0855. The topological polar surface area (TPSA) is 63.5 Å². The molecule has 2 N–H and O–H groups in total. The maximum Gasteiger partial charge on any atom is 0.319 e. The zero-order chi connectivity index (χ0) is 15.2. The number of rotatable bonds is 5. The number of ether oxygens (including phenoxy) is 1. The summed E-state index contributed by atoms with van der Waals surface area (Å²) in [7, 11) is 1.58. The normalized spacial score (nSPS) is 12.0. The number of amides is 2. The molecular weight excluding hydrogens is 268 g/mol. The summed E-state index contributed by atoms with van der Waals surface area (Å²) < 4.78 is 10.6. The van der Waals surface area contributed by atoms with Gasteiger partial charge in [-0.15, -0.1) is 0 Å². The van der Waals surface area contributed by atoms with E-state index in [1.807, 2.05) is 32.0 Å². The Kier molecular flexibility index (Phi) is 5.00. The first kappa shape index (κ1) is 15.1. The highest BCUT2D eigenvalue weighted by Crippen LogP contribution is 2.16. The van der Waals surface area contributed by atoms with Crippen LogP contribution in [0.5, 0.6) is 0 Å². The van der Waals surface area contributed by atoms with Crippen LogP contribution in [0.25, 0.3) is 0 Å². The molecule has 21 heavy (non-hydrogen) atoms. The number of methoxy groups -OCH3 is 1. The van der Waals surface area contributed by atoms with Crippen molar-refractivity contribution in [3.63, 3.8) is 0 Å². The van der Waals surface area contributed by atoms with Crippen molar-refractivity contribution in [2.24, 2.45) is 0 Å². The molecule has 0 saturated heterocycles. The Balaban J connectivity index is 1.89. The van der Waals surface area contributed by atoms with Gasteiger partial charge in [-0.1, -0.05) is 6.07 Å². The largest absolute Gasteiger partial charge is 0.467 e. The standard InChI is InChI=1S/C16H20N2O3/c1-11-7-12(2)9-13(8-11)18-16(19)17-10-15(20-3)14-5-4-6-21-14/h4-9,15H,10H2,1-3H3,(H2,17,18,19). The van der Waals surface area contributed by atoms with Crippen molar-refractivity contribution in [1.29, 1.82) is 0 Å². The molecule has 0 bridgehead atoms. The van der Waals surface area contributed by atoms with Crippen molar-refractivity contribution in [3.8, 4) is 0 Å². The lowest BCUT2D eigenvalue weighted by Crippen LogP contribution is -2.32. The van der Waals surface area contributed by atoms with E-state index in [1.165, 1.54) is 0 Å². The van der Waals surface area contributed by atoms with Crippen molar-refractivity contribution < 1.29 is 13.9 Å². The van der Waals surface area contributed by atoms with E-state index >= 15 is 0 Å².